The molecule has 7 nitrogen and oxygen atoms in total. The maximum Gasteiger partial charge on any atom is 0.466 e. The Bertz CT molecular complexity index is 603. The molecule has 1 aliphatic heterocycles. The monoisotopic (exact) mass is 337 g/mol. The molecule has 0 amide bonds. The second-order valence-electron chi connectivity index (χ2n) is 6.78. The fourth-order valence-corrected chi connectivity index (χ4v) is 2.59. The molecule has 0 aliphatic carbocycles. The molecule has 132 valence electrons. The number of hydrogen-bond acceptors (Lipinski definition) is 6. The molecule has 1 aromatic rings. The molecule has 0 radical (unpaired) electrons. The van der Waals surface area contributed by atoms with Gasteiger partial charge in [0.2, 0.25) is 11.8 Å². The molecule has 2 rings (SSSR count). The van der Waals surface area contributed by atoms with E-state index in [1.165, 1.54) is 14.2 Å². The van der Waals surface area contributed by atoms with Crippen molar-refractivity contribution in [2.45, 2.75) is 51.1 Å². The highest BCUT2D eigenvalue weighted by Gasteiger charge is 2.54. The van der Waals surface area contributed by atoms with E-state index in [2.05, 4.69) is 4.98 Å². The molecule has 0 saturated carbocycles. The van der Waals surface area contributed by atoms with Gasteiger partial charge < -0.3 is 23.9 Å². The summed E-state index contributed by atoms with van der Waals surface area (Å²) in [5.41, 5.74) is -0.498. The molecule has 2 heterocycles. The highest BCUT2D eigenvalue weighted by Crippen LogP contribution is 2.43. The van der Waals surface area contributed by atoms with Gasteiger partial charge in [0.15, 0.2) is 0 Å². The van der Waals surface area contributed by atoms with Gasteiger partial charge in [-0.1, -0.05) is 0 Å². The summed E-state index contributed by atoms with van der Waals surface area (Å²) in [6.07, 6.45) is -0.165. The zero-order valence-corrected chi connectivity index (χ0v) is 15.0. The number of carbonyl (C=O) groups is 1. The van der Waals surface area contributed by atoms with Gasteiger partial charge in [0.1, 0.15) is 0 Å². The number of ether oxygens (including phenoxy) is 2. The van der Waals surface area contributed by atoms with Crippen molar-refractivity contribution < 1.29 is 28.7 Å². The number of methoxy groups -OCH3 is 2. The molecule has 0 bridgehead atoms. The summed E-state index contributed by atoms with van der Waals surface area (Å²) >= 11 is 0. The van der Waals surface area contributed by atoms with Crippen molar-refractivity contribution in [1.82, 2.24) is 4.98 Å². The van der Waals surface area contributed by atoms with Crippen LogP contribution in [-0.2, 0) is 14.1 Å². The summed E-state index contributed by atoms with van der Waals surface area (Å²) in [5, 5.41) is 9.33. The first-order valence-electron chi connectivity index (χ1n) is 7.77. The van der Waals surface area contributed by atoms with Crippen molar-refractivity contribution in [1.29, 1.82) is 0 Å². The predicted octanol–water partition coefficient (Wildman–Crippen LogP) is 2.29. The van der Waals surface area contributed by atoms with E-state index in [4.69, 9.17) is 18.8 Å². The first-order valence-corrected chi connectivity index (χ1v) is 7.77. The Kier molecular flexibility index (Phi) is 5.10. The summed E-state index contributed by atoms with van der Waals surface area (Å²) in [5.74, 6) is -0.821. The van der Waals surface area contributed by atoms with E-state index >= 15 is 0 Å². The number of hydrogen-bond donors (Lipinski definition) is 1. The number of nitrogens with zero attached hydrogens (tertiary/aromatic N) is 1. The molecule has 1 atom stereocenters. The second-order valence-corrected chi connectivity index (χ2v) is 6.78. The zero-order chi connectivity index (χ0) is 18.1. The van der Waals surface area contributed by atoms with Crippen LogP contribution >= 0.6 is 0 Å². The van der Waals surface area contributed by atoms with Gasteiger partial charge in [-0.2, -0.15) is 4.98 Å². The summed E-state index contributed by atoms with van der Waals surface area (Å²) in [6, 6.07) is 3.40. The lowest BCUT2D eigenvalue weighted by Gasteiger charge is -2.32. The van der Waals surface area contributed by atoms with E-state index in [0.717, 1.165) is 0 Å². The minimum atomic E-state index is -0.951. The second kappa shape index (κ2) is 6.60. The van der Waals surface area contributed by atoms with Gasteiger partial charge in [-0.15, -0.1) is 0 Å². The molecule has 1 fully saturated rings. The lowest BCUT2D eigenvalue weighted by molar-refractivity contribution is -0.137. The fourth-order valence-electron chi connectivity index (χ4n) is 2.59. The average Bonchev–Trinajstić information content (AvgIpc) is 2.72. The molecule has 1 aromatic heterocycles. The Morgan fingerprint density at radius 3 is 2.25 bits per heavy atom. The summed E-state index contributed by atoms with van der Waals surface area (Å²) in [6.45, 7) is 7.70. The fraction of sp³-hybridized carbons (Fsp3) is 0.625. The van der Waals surface area contributed by atoms with Crippen molar-refractivity contribution in [3.05, 3.63) is 17.7 Å². The normalized spacial score (nSPS) is 19.8. The minimum Gasteiger partial charge on any atom is -0.481 e. The van der Waals surface area contributed by atoms with Gasteiger partial charge in [-0.25, -0.2) is 0 Å². The van der Waals surface area contributed by atoms with Crippen molar-refractivity contribution >= 4 is 13.1 Å². The first-order chi connectivity index (χ1) is 11.1. The van der Waals surface area contributed by atoms with Crippen molar-refractivity contribution in [2.75, 3.05) is 14.2 Å². The van der Waals surface area contributed by atoms with E-state index < -0.39 is 30.1 Å². The van der Waals surface area contributed by atoms with E-state index in [0.29, 0.717) is 17.3 Å². The van der Waals surface area contributed by atoms with Crippen LogP contribution in [0.15, 0.2) is 12.1 Å². The van der Waals surface area contributed by atoms with Crippen LogP contribution in [0.3, 0.4) is 0 Å². The molecule has 0 spiro atoms. The van der Waals surface area contributed by atoms with Gasteiger partial charge in [-0.05, 0) is 33.8 Å². The van der Waals surface area contributed by atoms with Crippen LogP contribution in [0, 0.1) is 0 Å². The third kappa shape index (κ3) is 3.49. The summed E-state index contributed by atoms with van der Waals surface area (Å²) in [4.78, 5) is 15.6. The maximum absolute atomic E-state index is 11.4. The Labute approximate surface area is 142 Å². The third-order valence-electron chi connectivity index (χ3n) is 4.66. The van der Waals surface area contributed by atoms with Gasteiger partial charge >= 0.3 is 13.1 Å². The number of carboxylic acids is 1. The van der Waals surface area contributed by atoms with Crippen LogP contribution < -0.4 is 9.47 Å². The van der Waals surface area contributed by atoms with Gasteiger partial charge in [0.05, 0.1) is 31.8 Å². The third-order valence-corrected chi connectivity index (χ3v) is 4.66. The SMILES string of the molecule is COc1ccc(C(CC(=O)O)B2OC(C)(C)C(C)(C)O2)c(OC)n1. The number of aliphatic carboxylic acids is 1. The van der Waals surface area contributed by atoms with Crippen LogP contribution in [0.4, 0.5) is 0 Å². The van der Waals surface area contributed by atoms with E-state index in [1.807, 2.05) is 27.7 Å². The molecule has 1 unspecified atom stereocenters. The minimum absolute atomic E-state index is 0.165. The van der Waals surface area contributed by atoms with Crippen LogP contribution in [0.25, 0.3) is 0 Å². The van der Waals surface area contributed by atoms with Crippen molar-refractivity contribution in [3.63, 3.8) is 0 Å². The maximum atomic E-state index is 11.4. The number of rotatable bonds is 6. The van der Waals surface area contributed by atoms with E-state index in [9.17, 15) is 9.90 Å². The van der Waals surface area contributed by atoms with Crippen LogP contribution in [-0.4, -0.2) is 48.6 Å². The zero-order valence-electron chi connectivity index (χ0n) is 15.0. The first kappa shape index (κ1) is 18.5. The summed E-state index contributed by atoms with van der Waals surface area (Å²) < 4.78 is 22.5. The van der Waals surface area contributed by atoms with E-state index in [-0.39, 0.29) is 6.42 Å². The molecule has 1 saturated heterocycles. The molecule has 1 aliphatic rings. The Morgan fingerprint density at radius 2 is 1.79 bits per heavy atom. The standard InChI is InChI=1S/C16H24BNO6/c1-15(2)16(3,4)24-17(23-15)11(9-13(19)20)10-7-8-12(21-5)18-14(10)22-6/h7-8,11H,9H2,1-6H3,(H,19,20). The topological polar surface area (TPSA) is 87.1 Å². The molecule has 8 heteroatoms. The lowest BCUT2D eigenvalue weighted by atomic mass is 9.66. The average molecular weight is 337 g/mol. The van der Waals surface area contributed by atoms with E-state index in [1.54, 1.807) is 12.1 Å². The molecule has 24 heavy (non-hydrogen) atoms. The Balaban J connectivity index is 2.42. The number of carboxylic acid groups (broad SMARTS) is 1. The number of pyridine rings is 1. The van der Waals surface area contributed by atoms with Crippen LogP contribution in [0.2, 0.25) is 0 Å². The quantitative estimate of drug-likeness (QED) is 0.797. The molecule has 0 aromatic carbocycles. The molecular weight excluding hydrogens is 313 g/mol. The Hall–Kier alpha value is -1.80. The number of aromatic nitrogens is 1. The van der Waals surface area contributed by atoms with Gasteiger partial charge in [0, 0.05) is 17.4 Å². The predicted molar refractivity (Wildman–Crippen MR) is 88.4 cm³/mol. The smallest absolute Gasteiger partial charge is 0.466 e. The van der Waals surface area contributed by atoms with Crippen LogP contribution in [0.5, 0.6) is 11.8 Å². The summed E-state index contributed by atoms with van der Waals surface area (Å²) in [7, 11) is 2.27. The molecule has 1 N–H and O–H groups in total. The lowest BCUT2D eigenvalue weighted by Crippen LogP contribution is -2.41. The van der Waals surface area contributed by atoms with Crippen molar-refractivity contribution in [3.8, 4) is 11.8 Å². The highest BCUT2D eigenvalue weighted by atomic mass is 16.7. The largest absolute Gasteiger partial charge is 0.481 e. The van der Waals surface area contributed by atoms with Gasteiger partial charge in [0.25, 0.3) is 0 Å². The van der Waals surface area contributed by atoms with Gasteiger partial charge in [-0.3, -0.25) is 4.79 Å². The molecular formula is C16H24BNO6. The van der Waals surface area contributed by atoms with Crippen molar-refractivity contribution in [2.24, 2.45) is 0 Å². The van der Waals surface area contributed by atoms with Crippen LogP contribution in [0.1, 0.15) is 45.5 Å². The Morgan fingerprint density at radius 1 is 1.21 bits per heavy atom. The highest BCUT2D eigenvalue weighted by molar-refractivity contribution is 6.48.